The van der Waals surface area contributed by atoms with Crippen molar-refractivity contribution in [3.8, 4) is 0 Å². The van der Waals surface area contributed by atoms with Crippen molar-refractivity contribution in [2.45, 2.75) is 30.7 Å². The highest BCUT2D eigenvalue weighted by molar-refractivity contribution is 7.89. The molecule has 1 aliphatic rings. The van der Waals surface area contributed by atoms with Crippen LogP contribution in [0.2, 0.25) is 0 Å². The maximum Gasteiger partial charge on any atom is 0.289 e. The smallest absolute Gasteiger partial charge is 0.289 e. The molecule has 0 saturated carbocycles. The molecule has 0 amide bonds. The van der Waals surface area contributed by atoms with Gasteiger partial charge in [-0.3, -0.25) is 10.1 Å². The monoisotopic (exact) mass is 375 g/mol. The minimum Gasteiger partial charge on any atom is -0.372 e. The van der Waals surface area contributed by atoms with E-state index in [2.05, 4.69) is 9.62 Å². The van der Waals surface area contributed by atoms with Gasteiger partial charge >= 0.3 is 0 Å². The number of sulfonamides is 1. The number of nitrogens with one attached hydrogen (secondary N) is 1. The summed E-state index contributed by atoms with van der Waals surface area (Å²) in [7, 11) is -3.97. The predicted molar refractivity (Wildman–Crippen MR) is 99.6 cm³/mol. The Morgan fingerprint density at radius 2 is 1.65 bits per heavy atom. The molecule has 0 aliphatic carbocycles. The highest BCUT2D eigenvalue weighted by Gasteiger charge is 2.24. The number of rotatable bonds is 6. The van der Waals surface area contributed by atoms with Gasteiger partial charge in [-0.05, 0) is 43.0 Å². The van der Waals surface area contributed by atoms with Crippen LogP contribution >= 0.6 is 0 Å². The summed E-state index contributed by atoms with van der Waals surface area (Å²) in [5.41, 5.74) is 1.50. The molecule has 3 rings (SSSR count). The third-order valence-corrected chi connectivity index (χ3v) is 5.92. The average Bonchev–Trinajstić information content (AvgIpc) is 2.67. The summed E-state index contributed by atoms with van der Waals surface area (Å²) in [6, 6.07) is 13.1. The molecule has 8 heteroatoms. The molecule has 0 bridgehead atoms. The summed E-state index contributed by atoms with van der Waals surface area (Å²) in [6.07, 6.45) is 3.65. The molecule has 1 heterocycles. The van der Waals surface area contributed by atoms with E-state index in [-0.39, 0.29) is 11.4 Å². The molecule has 1 N–H and O–H groups in total. The molecule has 2 aromatic rings. The maximum atomic E-state index is 12.4. The summed E-state index contributed by atoms with van der Waals surface area (Å²) in [5, 5.41) is 11.0. The SMILES string of the molecule is O=[N+]([O-])c1ccccc1S(=O)(=O)NCc1ccc(N2CCCCC2)cc1. The number of nitrogens with zero attached hydrogens (tertiary/aromatic N) is 2. The van der Waals surface area contributed by atoms with Crippen LogP contribution in [0, 0.1) is 10.1 Å². The maximum absolute atomic E-state index is 12.4. The molecule has 1 saturated heterocycles. The van der Waals surface area contributed by atoms with Crippen LogP contribution < -0.4 is 9.62 Å². The molecule has 1 fully saturated rings. The van der Waals surface area contributed by atoms with Crippen LogP contribution in [0.15, 0.2) is 53.4 Å². The molecular formula is C18H21N3O4S. The Bertz CT molecular complexity index is 876. The second-order valence-electron chi connectivity index (χ2n) is 6.26. The first-order valence-electron chi connectivity index (χ1n) is 8.54. The van der Waals surface area contributed by atoms with Crippen LogP contribution in [0.4, 0.5) is 11.4 Å². The highest BCUT2D eigenvalue weighted by Crippen LogP contribution is 2.23. The van der Waals surface area contributed by atoms with E-state index in [0.29, 0.717) is 0 Å². The van der Waals surface area contributed by atoms with Crippen LogP contribution in [-0.2, 0) is 16.6 Å². The molecule has 0 spiro atoms. The van der Waals surface area contributed by atoms with E-state index < -0.39 is 20.6 Å². The van der Waals surface area contributed by atoms with Gasteiger partial charge in [0.15, 0.2) is 4.90 Å². The van der Waals surface area contributed by atoms with Gasteiger partial charge in [-0.2, -0.15) is 0 Å². The quantitative estimate of drug-likeness (QED) is 0.619. The Morgan fingerprint density at radius 1 is 1.00 bits per heavy atom. The molecule has 0 unspecified atom stereocenters. The van der Waals surface area contributed by atoms with Crippen molar-refractivity contribution in [2.75, 3.05) is 18.0 Å². The van der Waals surface area contributed by atoms with E-state index in [0.717, 1.165) is 24.3 Å². The summed E-state index contributed by atoms with van der Waals surface area (Å²) >= 11 is 0. The standard InChI is InChI=1S/C18H21N3O4S/c22-21(23)17-6-2-3-7-18(17)26(24,25)19-14-15-8-10-16(11-9-15)20-12-4-1-5-13-20/h2-3,6-11,19H,1,4-5,12-14H2. The molecule has 0 radical (unpaired) electrons. The van der Waals surface area contributed by atoms with E-state index in [4.69, 9.17) is 0 Å². The Labute approximate surface area is 152 Å². The van der Waals surface area contributed by atoms with Gasteiger partial charge in [0.25, 0.3) is 5.69 Å². The summed E-state index contributed by atoms with van der Waals surface area (Å²) in [5.74, 6) is 0. The van der Waals surface area contributed by atoms with Crippen molar-refractivity contribution in [1.29, 1.82) is 0 Å². The van der Waals surface area contributed by atoms with Crippen molar-refractivity contribution < 1.29 is 13.3 Å². The van der Waals surface area contributed by atoms with Gasteiger partial charge in [0, 0.05) is 31.4 Å². The Kier molecular flexibility index (Phi) is 5.53. The number of hydrogen-bond donors (Lipinski definition) is 1. The zero-order valence-corrected chi connectivity index (χ0v) is 15.1. The minimum atomic E-state index is -3.97. The summed E-state index contributed by atoms with van der Waals surface area (Å²) in [4.78, 5) is 12.3. The predicted octanol–water partition coefficient (Wildman–Crippen LogP) is 3.06. The number of anilines is 1. The fourth-order valence-electron chi connectivity index (χ4n) is 3.07. The van der Waals surface area contributed by atoms with Gasteiger partial charge in [-0.25, -0.2) is 13.1 Å². The fourth-order valence-corrected chi connectivity index (χ4v) is 4.26. The molecule has 0 aromatic heterocycles. The number of piperidine rings is 1. The molecule has 138 valence electrons. The highest BCUT2D eigenvalue weighted by atomic mass is 32.2. The van der Waals surface area contributed by atoms with Crippen molar-refractivity contribution in [2.24, 2.45) is 0 Å². The van der Waals surface area contributed by atoms with E-state index in [1.54, 1.807) is 0 Å². The molecule has 26 heavy (non-hydrogen) atoms. The molecule has 7 nitrogen and oxygen atoms in total. The first-order valence-corrected chi connectivity index (χ1v) is 10.0. The lowest BCUT2D eigenvalue weighted by Gasteiger charge is -2.28. The first-order chi connectivity index (χ1) is 12.5. The van der Waals surface area contributed by atoms with E-state index in [1.165, 1.54) is 43.5 Å². The van der Waals surface area contributed by atoms with Crippen LogP contribution in [0.1, 0.15) is 24.8 Å². The Hall–Kier alpha value is -2.45. The summed E-state index contributed by atoms with van der Waals surface area (Å²) < 4.78 is 27.3. The average molecular weight is 375 g/mol. The van der Waals surface area contributed by atoms with E-state index >= 15 is 0 Å². The minimum absolute atomic E-state index is 0.0780. The third-order valence-electron chi connectivity index (χ3n) is 4.48. The van der Waals surface area contributed by atoms with Crippen LogP contribution in [0.5, 0.6) is 0 Å². The lowest BCUT2D eigenvalue weighted by Crippen LogP contribution is -2.29. The van der Waals surface area contributed by atoms with Crippen molar-refractivity contribution >= 4 is 21.4 Å². The Morgan fingerprint density at radius 3 is 2.31 bits per heavy atom. The second kappa shape index (κ2) is 7.84. The number of nitro groups is 1. The van der Waals surface area contributed by atoms with Crippen molar-refractivity contribution in [3.05, 3.63) is 64.2 Å². The lowest BCUT2D eigenvalue weighted by atomic mass is 10.1. The summed E-state index contributed by atoms with van der Waals surface area (Å²) in [6.45, 7) is 2.17. The van der Waals surface area contributed by atoms with E-state index in [1.807, 2.05) is 24.3 Å². The number of benzene rings is 2. The lowest BCUT2D eigenvalue weighted by molar-refractivity contribution is -0.387. The number of hydrogen-bond acceptors (Lipinski definition) is 5. The zero-order chi connectivity index (χ0) is 18.6. The van der Waals surface area contributed by atoms with Gasteiger partial charge < -0.3 is 4.90 Å². The normalized spacial score (nSPS) is 15.0. The van der Waals surface area contributed by atoms with Gasteiger partial charge in [0.2, 0.25) is 10.0 Å². The number of para-hydroxylation sites is 1. The van der Waals surface area contributed by atoms with E-state index in [9.17, 15) is 18.5 Å². The number of nitro benzene ring substituents is 1. The molecule has 0 atom stereocenters. The van der Waals surface area contributed by atoms with Gasteiger partial charge in [0.1, 0.15) is 0 Å². The second-order valence-corrected chi connectivity index (χ2v) is 8.00. The van der Waals surface area contributed by atoms with Crippen LogP contribution in [-0.4, -0.2) is 26.4 Å². The first kappa shape index (κ1) is 18.3. The Balaban J connectivity index is 1.69. The van der Waals surface area contributed by atoms with Crippen LogP contribution in [0.25, 0.3) is 0 Å². The van der Waals surface area contributed by atoms with Gasteiger partial charge in [-0.1, -0.05) is 24.3 Å². The zero-order valence-electron chi connectivity index (χ0n) is 14.3. The van der Waals surface area contributed by atoms with Gasteiger partial charge in [0.05, 0.1) is 4.92 Å². The topological polar surface area (TPSA) is 92.5 Å². The molecular weight excluding hydrogens is 354 g/mol. The van der Waals surface area contributed by atoms with Gasteiger partial charge in [-0.15, -0.1) is 0 Å². The fraction of sp³-hybridized carbons (Fsp3) is 0.333. The molecule has 1 aliphatic heterocycles. The van der Waals surface area contributed by atoms with Crippen molar-refractivity contribution in [1.82, 2.24) is 4.72 Å². The largest absolute Gasteiger partial charge is 0.372 e. The van der Waals surface area contributed by atoms with Crippen molar-refractivity contribution in [3.63, 3.8) is 0 Å². The molecule has 2 aromatic carbocycles. The van der Waals surface area contributed by atoms with Crippen LogP contribution in [0.3, 0.4) is 0 Å². The third kappa shape index (κ3) is 4.20.